The van der Waals surface area contributed by atoms with E-state index in [9.17, 15) is 15.0 Å². The molecule has 0 saturated carbocycles. The molecular weight excluding hydrogens is 308 g/mol. The highest BCUT2D eigenvalue weighted by molar-refractivity contribution is 5.80. The average Bonchev–Trinajstić information content (AvgIpc) is 2.47. The van der Waals surface area contributed by atoms with E-state index in [4.69, 9.17) is 9.15 Å². The number of ether oxygens (including phenoxy) is 1. The molecule has 2 N–H and O–H groups in total. The maximum absolute atomic E-state index is 11.3. The predicted molar refractivity (Wildman–Crippen MR) is 93.5 cm³/mol. The van der Waals surface area contributed by atoms with Gasteiger partial charge in [0.2, 0.25) is 0 Å². The maximum Gasteiger partial charge on any atom is 0.336 e. The fraction of sp³-hybridized carbons (Fsp3) is 0.316. The third kappa shape index (κ3) is 4.99. The number of phenolic OH excluding ortho intramolecular Hbond substituents is 1. The second-order valence-corrected chi connectivity index (χ2v) is 5.99. The highest BCUT2D eigenvalue weighted by Crippen LogP contribution is 2.30. The molecule has 0 bridgehead atoms. The molecule has 0 spiro atoms. The Bertz CT molecular complexity index is 825. The number of fused-ring (bicyclic) bond motifs is 1. The van der Waals surface area contributed by atoms with Crippen LogP contribution in [0.3, 0.4) is 0 Å². The van der Waals surface area contributed by atoms with Gasteiger partial charge in [0.25, 0.3) is 0 Å². The number of allylic oxidation sites excluding steroid dienone is 1. The van der Waals surface area contributed by atoms with Crippen LogP contribution in [0.5, 0.6) is 11.5 Å². The molecule has 2 rings (SSSR count). The number of aliphatic hydroxyl groups excluding tert-OH is 1. The first-order valence-electron chi connectivity index (χ1n) is 7.73. The van der Waals surface area contributed by atoms with Gasteiger partial charge in [-0.1, -0.05) is 17.2 Å². The molecule has 24 heavy (non-hydrogen) atoms. The number of benzene rings is 1. The second-order valence-electron chi connectivity index (χ2n) is 5.99. The molecule has 1 aromatic heterocycles. The minimum atomic E-state index is -0.519. The van der Waals surface area contributed by atoms with E-state index in [0.717, 1.165) is 11.1 Å². The van der Waals surface area contributed by atoms with Crippen molar-refractivity contribution in [3.05, 3.63) is 58.0 Å². The van der Waals surface area contributed by atoms with Crippen molar-refractivity contribution in [1.29, 1.82) is 0 Å². The summed E-state index contributed by atoms with van der Waals surface area (Å²) in [7, 11) is 0. The molecule has 0 fully saturated rings. The average molecular weight is 330 g/mol. The van der Waals surface area contributed by atoms with Gasteiger partial charge in [0, 0.05) is 17.5 Å². The molecule has 0 aliphatic heterocycles. The van der Waals surface area contributed by atoms with Crippen LogP contribution >= 0.6 is 0 Å². The van der Waals surface area contributed by atoms with Crippen LogP contribution in [0.2, 0.25) is 0 Å². The van der Waals surface area contributed by atoms with E-state index in [2.05, 4.69) is 0 Å². The van der Waals surface area contributed by atoms with Crippen molar-refractivity contribution in [1.82, 2.24) is 0 Å². The van der Waals surface area contributed by atoms with Crippen molar-refractivity contribution >= 4 is 11.0 Å². The Morgan fingerprint density at radius 1 is 1.29 bits per heavy atom. The molecule has 0 saturated heterocycles. The first-order valence-corrected chi connectivity index (χ1v) is 7.73. The third-order valence-electron chi connectivity index (χ3n) is 3.43. The van der Waals surface area contributed by atoms with Gasteiger partial charge in [-0.3, -0.25) is 0 Å². The third-order valence-corrected chi connectivity index (χ3v) is 3.43. The second kappa shape index (κ2) is 7.84. The van der Waals surface area contributed by atoms with E-state index in [-0.39, 0.29) is 18.1 Å². The molecule has 0 aliphatic rings. The quantitative estimate of drug-likeness (QED) is 0.625. The first-order chi connectivity index (χ1) is 11.3. The number of phenols is 1. The van der Waals surface area contributed by atoms with Crippen LogP contribution in [0.15, 0.2) is 56.8 Å². The fourth-order valence-electron chi connectivity index (χ4n) is 2.33. The Labute approximate surface area is 140 Å². The van der Waals surface area contributed by atoms with Gasteiger partial charge in [-0.15, -0.1) is 0 Å². The van der Waals surface area contributed by atoms with E-state index in [1.165, 1.54) is 18.2 Å². The lowest BCUT2D eigenvalue weighted by molar-refractivity contribution is 0.222. The van der Waals surface area contributed by atoms with Crippen molar-refractivity contribution in [3.63, 3.8) is 0 Å². The summed E-state index contributed by atoms with van der Waals surface area (Å²) < 4.78 is 10.6. The van der Waals surface area contributed by atoms with Gasteiger partial charge in [-0.25, -0.2) is 4.79 Å². The van der Waals surface area contributed by atoms with Crippen LogP contribution in [0, 0.1) is 0 Å². The van der Waals surface area contributed by atoms with Crippen molar-refractivity contribution < 1.29 is 19.4 Å². The number of rotatable bonds is 6. The molecule has 0 amide bonds. The number of hydrogen-bond acceptors (Lipinski definition) is 5. The van der Waals surface area contributed by atoms with E-state index < -0.39 is 11.7 Å². The van der Waals surface area contributed by atoms with E-state index in [0.29, 0.717) is 17.4 Å². The topological polar surface area (TPSA) is 79.9 Å². The van der Waals surface area contributed by atoms with Gasteiger partial charge in [-0.2, -0.15) is 0 Å². The van der Waals surface area contributed by atoms with E-state index in [1.54, 1.807) is 12.1 Å². The Balaban J connectivity index is 2.05. The lowest BCUT2D eigenvalue weighted by Crippen LogP contribution is -2.04. The normalized spacial score (nSPS) is 12.9. The SMILES string of the molecule is CC(C)=C[C@H](O)CC(C)=CCOc1cc2oc(=O)ccc2cc1O. The van der Waals surface area contributed by atoms with E-state index >= 15 is 0 Å². The molecular formula is C19H22O5. The molecule has 0 radical (unpaired) electrons. The highest BCUT2D eigenvalue weighted by atomic mass is 16.5. The summed E-state index contributed by atoms with van der Waals surface area (Å²) in [5, 5.41) is 20.5. The van der Waals surface area contributed by atoms with Gasteiger partial charge in [-0.05, 0) is 45.4 Å². The molecule has 0 unspecified atom stereocenters. The lowest BCUT2D eigenvalue weighted by atomic mass is 10.1. The largest absolute Gasteiger partial charge is 0.504 e. The maximum atomic E-state index is 11.3. The van der Waals surface area contributed by atoms with Gasteiger partial charge in [0.1, 0.15) is 12.2 Å². The van der Waals surface area contributed by atoms with Crippen molar-refractivity contribution in [2.75, 3.05) is 6.61 Å². The van der Waals surface area contributed by atoms with Gasteiger partial charge in [0.15, 0.2) is 11.5 Å². The monoisotopic (exact) mass is 330 g/mol. The number of aromatic hydroxyl groups is 1. The summed E-state index contributed by atoms with van der Waals surface area (Å²) in [5.74, 6) is 0.220. The van der Waals surface area contributed by atoms with Crippen molar-refractivity contribution in [3.8, 4) is 11.5 Å². The Hall–Kier alpha value is -2.53. The first kappa shape index (κ1) is 17.8. The smallest absolute Gasteiger partial charge is 0.336 e. The molecule has 5 nitrogen and oxygen atoms in total. The van der Waals surface area contributed by atoms with Crippen LogP contribution in [0.1, 0.15) is 27.2 Å². The highest BCUT2D eigenvalue weighted by Gasteiger charge is 2.07. The Morgan fingerprint density at radius 2 is 2.04 bits per heavy atom. The van der Waals surface area contributed by atoms with Crippen LogP contribution in [0.25, 0.3) is 11.0 Å². The van der Waals surface area contributed by atoms with Gasteiger partial charge >= 0.3 is 5.63 Å². The van der Waals surface area contributed by atoms with Gasteiger partial charge < -0.3 is 19.4 Å². The summed E-state index contributed by atoms with van der Waals surface area (Å²) in [6, 6.07) is 5.86. The molecule has 1 aromatic carbocycles. The van der Waals surface area contributed by atoms with Crippen molar-refractivity contribution in [2.24, 2.45) is 0 Å². The number of aliphatic hydroxyl groups is 1. The summed E-state index contributed by atoms with van der Waals surface area (Å²) in [6.07, 6.45) is 3.64. The standard InChI is InChI=1S/C19H22O5/c1-12(2)8-15(20)9-13(3)6-7-23-18-11-17-14(10-16(18)21)4-5-19(22)24-17/h4-6,8,10-11,15,20-21H,7,9H2,1-3H3/t15-/m0/s1. The van der Waals surface area contributed by atoms with Crippen LogP contribution in [-0.4, -0.2) is 22.9 Å². The molecule has 2 aromatic rings. The summed E-state index contributed by atoms with van der Waals surface area (Å²) >= 11 is 0. The van der Waals surface area contributed by atoms with Crippen LogP contribution in [-0.2, 0) is 0 Å². The van der Waals surface area contributed by atoms with Crippen molar-refractivity contribution in [2.45, 2.75) is 33.3 Å². The van der Waals surface area contributed by atoms with Gasteiger partial charge in [0.05, 0.1) is 6.10 Å². The molecule has 0 aliphatic carbocycles. The minimum Gasteiger partial charge on any atom is -0.504 e. The molecule has 1 atom stereocenters. The molecule has 1 heterocycles. The zero-order valence-corrected chi connectivity index (χ0v) is 14.1. The zero-order chi connectivity index (χ0) is 17.7. The summed E-state index contributed by atoms with van der Waals surface area (Å²) in [5.41, 5.74) is 1.94. The van der Waals surface area contributed by atoms with E-state index in [1.807, 2.05) is 26.8 Å². The number of hydrogen-bond donors (Lipinski definition) is 2. The molecule has 5 heteroatoms. The summed E-state index contributed by atoms with van der Waals surface area (Å²) in [6.45, 7) is 6.02. The zero-order valence-electron chi connectivity index (χ0n) is 14.1. The molecule has 128 valence electrons. The summed E-state index contributed by atoms with van der Waals surface area (Å²) in [4.78, 5) is 11.3. The Kier molecular flexibility index (Phi) is 5.82. The lowest BCUT2D eigenvalue weighted by Gasteiger charge is -2.09. The Morgan fingerprint density at radius 3 is 2.75 bits per heavy atom. The fourth-order valence-corrected chi connectivity index (χ4v) is 2.33. The minimum absolute atomic E-state index is 0.0213. The van der Waals surface area contributed by atoms with Crippen LogP contribution < -0.4 is 10.4 Å². The van der Waals surface area contributed by atoms with Crippen LogP contribution in [0.4, 0.5) is 0 Å². The predicted octanol–water partition coefficient (Wildman–Crippen LogP) is 3.54.